The van der Waals surface area contributed by atoms with Gasteiger partial charge in [0, 0.05) is 40.0 Å². The number of allylic oxidation sites excluding steroid dienone is 10. The molecule has 7 nitrogen and oxygen atoms in total. The number of phenols is 1. The minimum absolute atomic E-state index is 0.0822. The van der Waals surface area contributed by atoms with Crippen LogP contribution in [0.3, 0.4) is 0 Å². The first-order valence-corrected chi connectivity index (χ1v) is 20.9. The molecule has 7 heteroatoms. The lowest BCUT2D eigenvalue weighted by Crippen LogP contribution is -2.17. The van der Waals surface area contributed by atoms with Gasteiger partial charge in [-0.3, -0.25) is 4.98 Å². The van der Waals surface area contributed by atoms with Crippen LogP contribution in [0.5, 0.6) is 5.75 Å². The van der Waals surface area contributed by atoms with Crippen LogP contribution in [-0.4, -0.2) is 14.7 Å². The molecule has 0 saturated carbocycles. The summed E-state index contributed by atoms with van der Waals surface area (Å²) in [5.41, 5.74) is 10.7. The number of unbranched alkanes of at least 4 members (excludes halogenated alkanes) is 3. The van der Waals surface area contributed by atoms with Gasteiger partial charge in [0.25, 0.3) is 0 Å². The van der Waals surface area contributed by atoms with Gasteiger partial charge in [-0.15, -0.1) is 0 Å². The zero-order valence-corrected chi connectivity index (χ0v) is 35.2. The van der Waals surface area contributed by atoms with E-state index in [9.17, 15) is 26.2 Å². The van der Waals surface area contributed by atoms with E-state index in [4.69, 9.17) is 0 Å². The van der Waals surface area contributed by atoms with E-state index >= 15 is 0 Å². The highest BCUT2D eigenvalue weighted by atomic mass is 16.3. The molecule has 3 aromatic carbocycles. The number of aromatic hydroxyl groups is 1. The van der Waals surface area contributed by atoms with Gasteiger partial charge in [-0.1, -0.05) is 102 Å². The Kier molecular flexibility index (Phi) is 11.8. The summed E-state index contributed by atoms with van der Waals surface area (Å²) in [4.78, 5) is 4.58. The predicted octanol–water partition coefficient (Wildman–Crippen LogP) is 13.5. The molecule has 298 valence electrons. The van der Waals surface area contributed by atoms with Crippen LogP contribution in [0.2, 0.25) is 0 Å². The average molecular weight is 787 g/mol. The molecule has 0 spiro atoms. The van der Waals surface area contributed by atoms with Gasteiger partial charge in [-0.25, -0.2) is 0 Å². The van der Waals surface area contributed by atoms with E-state index in [-0.39, 0.29) is 27.7 Å². The molecular weight excluding hydrogens is 737 g/mol. The summed E-state index contributed by atoms with van der Waals surface area (Å²) in [6.45, 7) is 11.8. The second kappa shape index (κ2) is 17.1. The van der Waals surface area contributed by atoms with E-state index < -0.39 is 0 Å². The van der Waals surface area contributed by atoms with Crippen molar-refractivity contribution in [2.24, 2.45) is 10.8 Å². The number of hydrogen-bond acceptors (Lipinski definition) is 6. The van der Waals surface area contributed by atoms with Gasteiger partial charge in [0.1, 0.15) is 46.7 Å². The first-order chi connectivity index (χ1) is 28.9. The molecule has 0 unspecified atom stereocenters. The number of aromatic nitrogens is 2. The lowest BCUT2D eigenvalue weighted by atomic mass is 9.74. The van der Waals surface area contributed by atoms with Gasteiger partial charge in [0.05, 0.1) is 5.52 Å². The van der Waals surface area contributed by atoms with Crippen LogP contribution in [0.25, 0.3) is 56.0 Å². The summed E-state index contributed by atoms with van der Waals surface area (Å²) in [5, 5.41) is 52.7. The second-order valence-electron chi connectivity index (χ2n) is 17.9. The standard InChI is InChI=1S/C53H50N6O/c1-6-7-8-9-21-59-48-18-16-35(12-14-37-22-39(41(31-54)32-55)29-52(2,3)27-37)24-45(48)47-26-36(13-15-38-23-40(42(33-56)34-57)30-53(4,5)28-38)25-46(51(47)59)43-17-19-49(60)50-44(43)11-10-20-58-50/h10-20,22-26,60H,6-9,21,27-30H2,1-5H3/b14-12+,15-13+. The third-order valence-electron chi connectivity index (χ3n) is 11.8. The summed E-state index contributed by atoms with van der Waals surface area (Å²) in [6.07, 6.45) is 21.7. The average Bonchev–Trinajstić information content (AvgIpc) is 3.53. The zero-order valence-electron chi connectivity index (χ0n) is 35.2. The van der Waals surface area contributed by atoms with E-state index in [1.807, 2.05) is 30.4 Å². The van der Waals surface area contributed by atoms with Crippen LogP contribution in [-0.2, 0) is 6.54 Å². The maximum absolute atomic E-state index is 10.9. The van der Waals surface area contributed by atoms with Gasteiger partial charge in [0.15, 0.2) is 0 Å². The lowest BCUT2D eigenvalue weighted by molar-refractivity contribution is 0.354. The van der Waals surface area contributed by atoms with Crippen molar-refractivity contribution in [1.82, 2.24) is 9.55 Å². The van der Waals surface area contributed by atoms with Crippen LogP contribution >= 0.6 is 0 Å². The Morgan fingerprint density at radius 1 is 0.683 bits per heavy atom. The van der Waals surface area contributed by atoms with Crippen molar-refractivity contribution in [2.45, 2.75) is 92.5 Å². The molecule has 0 amide bonds. The number of pyridine rings is 1. The minimum Gasteiger partial charge on any atom is -0.506 e. The second-order valence-corrected chi connectivity index (χ2v) is 17.9. The van der Waals surface area contributed by atoms with Crippen molar-refractivity contribution < 1.29 is 5.11 Å². The van der Waals surface area contributed by atoms with Crippen molar-refractivity contribution in [2.75, 3.05) is 0 Å². The number of aryl methyl sites for hydroxylation is 1. The number of nitriles is 4. The van der Waals surface area contributed by atoms with Crippen molar-refractivity contribution in [3.8, 4) is 41.2 Å². The third kappa shape index (κ3) is 8.59. The summed E-state index contributed by atoms with van der Waals surface area (Å²) in [7, 11) is 0. The number of hydrogen-bond donors (Lipinski definition) is 1. The fourth-order valence-electron chi connectivity index (χ4n) is 9.20. The predicted molar refractivity (Wildman–Crippen MR) is 243 cm³/mol. The number of rotatable bonds is 10. The van der Waals surface area contributed by atoms with Crippen LogP contribution in [0.15, 0.2) is 119 Å². The lowest BCUT2D eigenvalue weighted by Gasteiger charge is -2.30. The van der Waals surface area contributed by atoms with Crippen LogP contribution < -0.4 is 0 Å². The molecule has 2 aliphatic rings. The molecule has 0 radical (unpaired) electrons. The maximum Gasteiger partial charge on any atom is 0.141 e. The molecule has 0 saturated heterocycles. The molecule has 0 aliphatic heterocycles. The Labute approximate surface area is 353 Å². The van der Waals surface area contributed by atoms with Crippen LogP contribution in [0, 0.1) is 56.2 Å². The largest absolute Gasteiger partial charge is 0.506 e. The van der Waals surface area contributed by atoms with Crippen LogP contribution in [0.1, 0.15) is 97.1 Å². The van der Waals surface area contributed by atoms with Gasteiger partial charge in [0.2, 0.25) is 0 Å². The SMILES string of the molecule is CCCCCCn1c2ccc(/C=C/C3=CC(=C(C#N)C#N)CC(C)(C)C3)cc2c2cc(/C=C/C3=CC(=C(C#N)C#N)CC(C)(C)C3)cc(-c3ccc(O)c4ncccc34)c21. The number of benzene rings is 3. The minimum atomic E-state index is -0.111. The fourth-order valence-corrected chi connectivity index (χ4v) is 9.20. The molecule has 1 N–H and O–H groups in total. The Hall–Kier alpha value is -6.93. The molecule has 0 bridgehead atoms. The highest BCUT2D eigenvalue weighted by Crippen LogP contribution is 2.44. The summed E-state index contributed by atoms with van der Waals surface area (Å²) in [6, 6.07) is 27.2. The van der Waals surface area contributed by atoms with E-state index in [0.717, 1.165) is 110 Å². The van der Waals surface area contributed by atoms with E-state index in [0.29, 0.717) is 18.4 Å². The zero-order chi connectivity index (χ0) is 42.6. The molecule has 60 heavy (non-hydrogen) atoms. The quantitative estimate of drug-likeness (QED) is 0.111. The highest BCUT2D eigenvalue weighted by Gasteiger charge is 2.28. The van der Waals surface area contributed by atoms with Crippen molar-refractivity contribution in [3.63, 3.8) is 0 Å². The number of phenolic OH excluding ortho intramolecular Hbond substituents is 1. The first kappa shape index (κ1) is 41.2. The fraction of sp³-hybridized carbons (Fsp3) is 0.302. The topological polar surface area (TPSA) is 133 Å². The van der Waals surface area contributed by atoms with E-state index in [1.54, 1.807) is 12.3 Å². The summed E-state index contributed by atoms with van der Waals surface area (Å²) >= 11 is 0. The van der Waals surface area contributed by atoms with Gasteiger partial charge >= 0.3 is 0 Å². The molecular formula is C53H50N6O. The van der Waals surface area contributed by atoms with Crippen molar-refractivity contribution >= 4 is 44.9 Å². The molecule has 0 fully saturated rings. The number of nitrogens with zero attached hydrogens (tertiary/aromatic N) is 6. The Bertz CT molecular complexity index is 2880. The molecule has 2 aromatic heterocycles. The molecule has 2 heterocycles. The summed E-state index contributed by atoms with van der Waals surface area (Å²) in [5.74, 6) is 0.138. The van der Waals surface area contributed by atoms with E-state index in [1.165, 1.54) is 6.42 Å². The highest BCUT2D eigenvalue weighted by molar-refractivity contribution is 6.16. The number of fused-ring (bicyclic) bond motifs is 4. The van der Waals surface area contributed by atoms with Gasteiger partial charge in [-0.05, 0) is 124 Å². The Morgan fingerprint density at radius 2 is 1.30 bits per heavy atom. The Balaban J connectivity index is 1.45. The Morgan fingerprint density at radius 3 is 1.92 bits per heavy atom. The van der Waals surface area contributed by atoms with Gasteiger partial charge < -0.3 is 9.67 Å². The van der Waals surface area contributed by atoms with Gasteiger partial charge in [-0.2, -0.15) is 21.0 Å². The maximum atomic E-state index is 10.9. The molecule has 7 rings (SSSR count). The summed E-state index contributed by atoms with van der Waals surface area (Å²) < 4.78 is 2.47. The van der Waals surface area contributed by atoms with Crippen LogP contribution in [0.4, 0.5) is 0 Å². The molecule has 5 aromatic rings. The monoisotopic (exact) mass is 786 g/mol. The van der Waals surface area contributed by atoms with E-state index in [2.05, 4.69) is 123 Å². The first-order valence-electron chi connectivity index (χ1n) is 20.9. The van der Waals surface area contributed by atoms with Crippen molar-refractivity contribution in [1.29, 1.82) is 21.0 Å². The normalized spacial score (nSPS) is 16.1. The molecule has 2 aliphatic carbocycles. The molecule has 0 atom stereocenters. The van der Waals surface area contributed by atoms with Crippen molar-refractivity contribution in [3.05, 3.63) is 130 Å². The third-order valence-corrected chi connectivity index (χ3v) is 11.8. The smallest absolute Gasteiger partial charge is 0.141 e.